The van der Waals surface area contributed by atoms with Gasteiger partial charge in [-0.3, -0.25) is 13.8 Å². The number of rotatable bonds is 46. The Bertz CT molecular complexity index is 1120. The standard InChI is InChI=1S/C50H91O9P/c1-3-5-7-9-11-13-15-17-19-21-22-23-24-25-26-27-28-30-32-34-36-38-40-42-50(53)59-49(47-58-60(54,55)57-45-48(52)44-51)46-56-43-41-39-37-35-33-31-29-20-18-16-14-12-10-8-6-4-2/h6,8,12,14,18,20,31,33,37,39,48-49,51-52H,3-5,7,9-11,13,15-17,19,21-30,32,34-36,38,40-47H2,1-2H3,(H,54,55)/b8-6-,14-12-,20-18-,33-31-,39-37-. The molecule has 0 aromatic rings. The van der Waals surface area contributed by atoms with Crippen LogP contribution < -0.4 is 0 Å². The van der Waals surface area contributed by atoms with Crippen LogP contribution in [-0.2, 0) is 27.9 Å². The Morgan fingerprint density at radius 2 is 0.917 bits per heavy atom. The fourth-order valence-electron chi connectivity index (χ4n) is 6.60. The Kier molecular flexibility index (Phi) is 45.2. The van der Waals surface area contributed by atoms with Crippen molar-refractivity contribution in [3.05, 3.63) is 60.8 Å². The molecule has 0 rings (SSSR count). The predicted octanol–water partition coefficient (Wildman–Crippen LogP) is 13.9. The van der Waals surface area contributed by atoms with Crippen LogP contribution in [0.1, 0.15) is 206 Å². The Balaban J connectivity index is 4.13. The highest BCUT2D eigenvalue weighted by Crippen LogP contribution is 2.43. The van der Waals surface area contributed by atoms with E-state index in [-0.39, 0.29) is 13.0 Å². The van der Waals surface area contributed by atoms with Crippen molar-refractivity contribution in [1.29, 1.82) is 0 Å². The summed E-state index contributed by atoms with van der Waals surface area (Å²) in [6.07, 6.45) is 55.0. The van der Waals surface area contributed by atoms with E-state index in [1.807, 2.05) is 6.08 Å². The van der Waals surface area contributed by atoms with Crippen LogP contribution in [-0.4, -0.2) is 66.3 Å². The third-order valence-electron chi connectivity index (χ3n) is 10.2. The summed E-state index contributed by atoms with van der Waals surface area (Å²) in [7, 11) is -4.54. The minimum absolute atomic E-state index is 0.00485. The van der Waals surface area contributed by atoms with Gasteiger partial charge in [-0.1, -0.05) is 216 Å². The lowest BCUT2D eigenvalue weighted by atomic mass is 10.0. The normalized spacial score (nSPS) is 14.4. The number of aliphatic hydroxyl groups is 2. The maximum Gasteiger partial charge on any atom is 0.472 e. The van der Waals surface area contributed by atoms with E-state index < -0.39 is 45.8 Å². The molecular weight excluding hydrogens is 776 g/mol. The molecule has 3 atom stereocenters. The molecule has 350 valence electrons. The van der Waals surface area contributed by atoms with Crippen LogP contribution in [0.5, 0.6) is 0 Å². The molecule has 0 spiro atoms. The van der Waals surface area contributed by atoms with Gasteiger partial charge in [0.15, 0.2) is 0 Å². The molecule has 0 aliphatic heterocycles. The van der Waals surface area contributed by atoms with E-state index in [0.29, 0.717) is 13.0 Å². The first-order chi connectivity index (χ1) is 29.3. The number of aliphatic hydroxyl groups excluding tert-OH is 2. The van der Waals surface area contributed by atoms with Crippen molar-refractivity contribution >= 4 is 13.8 Å². The Labute approximate surface area is 368 Å². The Morgan fingerprint density at radius 3 is 1.33 bits per heavy atom. The largest absolute Gasteiger partial charge is 0.472 e. The van der Waals surface area contributed by atoms with Crippen LogP contribution >= 0.6 is 7.82 Å². The van der Waals surface area contributed by atoms with Crippen molar-refractivity contribution in [3.63, 3.8) is 0 Å². The summed E-state index contributed by atoms with van der Waals surface area (Å²) in [6.45, 7) is 3.20. The summed E-state index contributed by atoms with van der Waals surface area (Å²) in [4.78, 5) is 22.6. The van der Waals surface area contributed by atoms with E-state index in [2.05, 4.69) is 68.5 Å². The Hall–Kier alpha value is -1.84. The first kappa shape index (κ1) is 58.2. The smallest absolute Gasteiger partial charge is 0.457 e. The van der Waals surface area contributed by atoms with Gasteiger partial charge in [-0.2, -0.15) is 0 Å². The number of phosphoric acid groups is 1. The number of carbonyl (C=O) groups is 1. The molecule has 0 saturated heterocycles. The SMILES string of the molecule is CC/C=C\C/C=C\C/C=C\C/C=C\C/C=C\CCOCC(COP(=O)(O)OCC(O)CO)OC(=O)CCCCCCCCCCCCCCCCCCCCCCCCC. The molecule has 0 saturated carbocycles. The number of ether oxygens (including phenoxy) is 2. The molecule has 3 N–H and O–H groups in total. The van der Waals surface area contributed by atoms with E-state index in [9.17, 15) is 19.4 Å². The van der Waals surface area contributed by atoms with Gasteiger partial charge in [0.1, 0.15) is 12.2 Å². The van der Waals surface area contributed by atoms with Crippen LogP contribution in [0.15, 0.2) is 60.8 Å². The summed E-state index contributed by atoms with van der Waals surface area (Å²) in [5.41, 5.74) is 0. The highest BCUT2D eigenvalue weighted by molar-refractivity contribution is 7.47. The van der Waals surface area contributed by atoms with Crippen LogP contribution in [0.4, 0.5) is 0 Å². The molecule has 0 radical (unpaired) electrons. The topological polar surface area (TPSA) is 132 Å². The number of phosphoric ester groups is 1. The van der Waals surface area contributed by atoms with Gasteiger partial charge in [0.25, 0.3) is 0 Å². The van der Waals surface area contributed by atoms with Gasteiger partial charge in [-0.05, 0) is 44.9 Å². The maximum atomic E-state index is 12.7. The summed E-state index contributed by atoms with van der Waals surface area (Å²) in [5.74, 6) is -0.405. The number of hydrogen-bond acceptors (Lipinski definition) is 8. The zero-order chi connectivity index (χ0) is 43.9. The third-order valence-corrected chi connectivity index (χ3v) is 11.2. The van der Waals surface area contributed by atoms with Crippen LogP contribution in [0.25, 0.3) is 0 Å². The minimum atomic E-state index is -4.54. The molecule has 0 aromatic carbocycles. The molecule has 0 fully saturated rings. The first-order valence-electron chi connectivity index (χ1n) is 24.3. The summed E-state index contributed by atoms with van der Waals surface area (Å²) < 4.78 is 33.3. The van der Waals surface area contributed by atoms with Gasteiger partial charge in [0.2, 0.25) is 0 Å². The molecule has 9 nitrogen and oxygen atoms in total. The summed E-state index contributed by atoms with van der Waals surface area (Å²) in [6, 6.07) is 0. The Morgan fingerprint density at radius 1 is 0.533 bits per heavy atom. The molecule has 0 bridgehead atoms. The second-order valence-corrected chi connectivity index (χ2v) is 17.6. The molecule has 10 heteroatoms. The van der Waals surface area contributed by atoms with Crippen LogP contribution in [0, 0.1) is 0 Å². The van der Waals surface area contributed by atoms with E-state index in [1.165, 1.54) is 128 Å². The summed E-state index contributed by atoms with van der Waals surface area (Å²) in [5, 5.41) is 18.4. The molecule has 0 aromatic heterocycles. The van der Waals surface area contributed by atoms with E-state index >= 15 is 0 Å². The predicted molar refractivity (Wildman–Crippen MR) is 251 cm³/mol. The van der Waals surface area contributed by atoms with Gasteiger partial charge in [0, 0.05) is 6.42 Å². The fourth-order valence-corrected chi connectivity index (χ4v) is 7.39. The van der Waals surface area contributed by atoms with Crippen molar-refractivity contribution in [3.8, 4) is 0 Å². The molecule has 0 aliphatic rings. The van der Waals surface area contributed by atoms with Crippen molar-refractivity contribution < 1.29 is 43.0 Å². The molecule has 60 heavy (non-hydrogen) atoms. The van der Waals surface area contributed by atoms with Crippen molar-refractivity contribution in [2.75, 3.05) is 33.0 Å². The molecule has 0 amide bonds. The highest BCUT2D eigenvalue weighted by atomic mass is 31.2. The molecular formula is C50H91O9P. The summed E-state index contributed by atoms with van der Waals surface area (Å²) >= 11 is 0. The fraction of sp³-hybridized carbons (Fsp3) is 0.780. The van der Waals surface area contributed by atoms with E-state index in [4.69, 9.17) is 23.6 Å². The number of carbonyl (C=O) groups excluding carboxylic acids is 1. The zero-order valence-electron chi connectivity index (χ0n) is 38.4. The first-order valence-corrected chi connectivity index (χ1v) is 25.8. The number of esters is 1. The molecule has 0 heterocycles. The highest BCUT2D eigenvalue weighted by Gasteiger charge is 2.26. The average Bonchev–Trinajstić information content (AvgIpc) is 3.24. The number of hydrogen-bond donors (Lipinski definition) is 3. The average molecular weight is 867 g/mol. The van der Waals surface area contributed by atoms with Gasteiger partial charge in [-0.25, -0.2) is 4.57 Å². The molecule has 0 aliphatic carbocycles. The number of unbranched alkanes of at least 4 members (excludes halogenated alkanes) is 22. The lowest BCUT2D eigenvalue weighted by Gasteiger charge is -2.20. The molecule has 3 unspecified atom stereocenters. The van der Waals surface area contributed by atoms with E-state index in [1.54, 1.807) is 0 Å². The van der Waals surface area contributed by atoms with Crippen LogP contribution in [0.2, 0.25) is 0 Å². The quantitative estimate of drug-likeness (QED) is 0.0237. The van der Waals surface area contributed by atoms with Gasteiger partial charge < -0.3 is 24.6 Å². The van der Waals surface area contributed by atoms with Gasteiger partial charge in [-0.15, -0.1) is 0 Å². The monoisotopic (exact) mass is 867 g/mol. The zero-order valence-corrected chi connectivity index (χ0v) is 39.3. The third kappa shape index (κ3) is 45.7. The second kappa shape index (κ2) is 46.7. The van der Waals surface area contributed by atoms with Crippen molar-refractivity contribution in [2.45, 2.75) is 219 Å². The van der Waals surface area contributed by atoms with Crippen molar-refractivity contribution in [2.24, 2.45) is 0 Å². The van der Waals surface area contributed by atoms with Gasteiger partial charge >= 0.3 is 13.8 Å². The van der Waals surface area contributed by atoms with Crippen LogP contribution in [0.3, 0.4) is 0 Å². The lowest BCUT2D eigenvalue weighted by Crippen LogP contribution is -2.29. The minimum Gasteiger partial charge on any atom is -0.457 e. The van der Waals surface area contributed by atoms with Crippen molar-refractivity contribution in [1.82, 2.24) is 0 Å². The van der Waals surface area contributed by atoms with Gasteiger partial charge in [0.05, 0.1) is 33.0 Å². The van der Waals surface area contributed by atoms with E-state index in [0.717, 1.165) is 51.4 Å². The lowest BCUT2D eigenvalue weighted by molar-refractivity contribution is -0.154. The maximum absolute atomic E-state index is 12.7. The second-order valence-electron chi connectivity index (χ2n) is 16.1. The number of allylic oxidation sites excluding steroid dienone is 9.